The zero-order valence-corrected chi connectivity index (χ0v) is 21.4. The van der Waals surface area contributed by atoms with E-state index < -0.39 is 0 Å². The second kappa shape index (κ2) is 7.78. The molecule has 0 saturated heterocycles. The fourth-order valence-corrected chi connectivity index (χ4v) is 6.77. The molecule has 0 radical (unpaired) electrons. The van der Waals surface area contributed by atoms with Crippen LogP contribution in [0.4, 0.5) is 0 Å². The minimum atomic E-state index is 0.972. The van der Waals surface area contributed by atoms with E-state index in [4.69, 9.17) is 4.98 Å². The Morgan fingerprint density at radius 2 is 1.23 bits per heavy atom. The third-order valence-electron chi connectivity index (χ3n) is 8.66. The minimum absolute atomic E-state index is 0.972. The average molecular weight is 497 g/mol. The molecule has 0 aliphatic carbocycles. The van der Waals surface area contributed by atoms with Crippen molar-refractivity contribution in [1.82, 2.24) is 9.55 Å². The van der Waals surface area contributed by atoms with Crippen LogP contribution >= 0.6 is 0 Å². The van der Waals surface area contributed by atoms with Crippen LogP contribution in [0.15, 0.2) is 121 Å². The molecule has 1 aromatic heterocycles. The first-order valence-corrected chi connectivity index (χ1v) is 13.7. The molecule has 7 aromatic carbocycles. The maximum atomic E-state index is 4.96. The molecule has 0 amide bonds. The predicted molar refractivity (Wildman–Crippen MR) is 163 cm³/mol. The first-order chi connectivity index (χ1) is 19.3. The van der Waals surface area contributed by atoms with Gasteiger partial charge in [0.05, 0.1) is 11.0 Å². The van der Waals surface area contributed by atoms with Crippen LogP contribution in [0.3, 0.4) is 0 Å². The van der Waals surface area contributed by atoms with Gasteiger partial charge in [0.25, 0.3) is 0 Å². The highest BCUT2D eigenvalue weighted by Crippen LogP contribution is 2.40. The zero-order chi connectivity index (χ0) is 25.5. The minimum Gasteiger partial charge on any atom is -0.324 e. The molecule has 0 unspecified atom stereocenters. The molecule has 0 saturated carbocycles. The Labute approximate surface area is 226 Å². The number of hydrogen-bond donors (Lipinski definition) is 0. The van der Waals surface area contributed by atoms with E-state index in [1.165, 1.54) is 71.2 Å². The number of para-hydroxylation sites is 2. The topological polar surface area (TPSA) is 17.8 Å². The quantitative estimate of drug-likeness (QED) is 0.218. The van der Waals surface area contributed by atoms with Crippen LogP contribution < -0.4 is 0 Å². The lowest BCUT2D eigenvalue weighted by Crippen LogP contribution is -2.11. The first kappa shape index (κ1) is 21.0. The van der Waals surface area contributed by atoms with E-state index in [9.17, 15) is 0 Å². The summed E-state index contributed by atoms with van der Waals surface area (Å²) in [5.74, 6) is 1.09. The maximum absolute atomic E-state index is 4.96. The lowest BCUT2D eigenvalue weighted by Gasteiger charge is -2.19. The fraction of sp³-hybridized carbons (Fsp3) is 0.0541. The summed E-state index contributed by atoms with van der Waals surface area (Å²) in [7, 11) is 0. The van der Waals surface area contributed by atoms with Gasteiger partial charge in [0.15, 0.2) is 0 Å². The van der Waals surface area contributed by atoms with Crippen molar-refractivity contribution in [3.63, 3.8) is 0 Å². The SMILES string of the molecule is c1cc2ccc3ccc(-c4ccc(-c5ccc6c(c5)CCn5c-6nc6ccccc65)cc4)c4ccc(c1)c2c34. The molecule has 9 rings (SSSR count). The van der Waals surface area contributed by atoms with Crippen LogP contribution in [0, 0.1) is 0 Å². The molecular weight excluding hydrogens is 472 g/mol. The Morgan fingerprint density at radius 1 is 0.538 bits per heavy atom. The van der Waals surface area contributed by atoms with Crippen molar-refractivity contribution in [3.05, 3.63) is 127 Å². The van der Waals surface area contributed by atoms with Gasteiger partial charge in [-0.1, -0.05) is 109 Å². The summed E-state index contributed by atoms with van der Waals surface area (Å²) in [5, 5.41) is 7.97. The summed E-state index contributed by atoms with van der Waals surface area (Å²) >= 11 is 0. The number of aryl methyl sites for hydroxylation is 2. The second-order valence-electron chi connectivity index (χ2n) is 10.7. The van der Waals surface area contributed by atoms with Crippen LogP contribution in [0.25, 0.3) is 77.0 Å². The molecule has 0 fully saturated rings. The Kier molecular flexibility index (Phi) is 4.20. The monoisotopic (exact) mass is 496 g/mol. The predicted octanol–water partition coefficient (Wildman–Crippen LogP) is 9.49. The van der Waals surface area contributed by atoms with Gasteiger partial charge in [-0.25, -0.2) is 4.98 Å². The standard InChI is InChI=1S/C37H24N2/c1-2-7-34-33(6-1)38-37-31-18-16-28(22-29(31)20-21-39(34)37)23-8-10-24(11-9-23)30-17-14-27-13-12-25-4-3-5-26-15-19-32(30)36(27)35(25)26/h1-19,22H,20-21H2. The van der Waals surface area contributed by atoms with E-state index >= 15 is 0 Å². The van der Waals surface area contributed by atoms with Crippen molar-refractivity contribution in [2.45, 2.75) is 13.0 Å². The van der Waals surface area contributed by atoms with Gasteiger partial charge in [-0.2, -0.15) is 0 Å². The van der Waals surface area contributed by atoms with Crippen molar-refractivity contribution < 1.29 is 0 Å². The largest absolute Gasteiger partial charge is 0.324 e. The van der Waals surface area contributed by atoms with Crippen LogP contribution in [0.5, 0.6) is 0 Å². The summed E-state index contributed by atoms with van der Waals surface area (Å²) in [6.07, 6.45) is 1.03. The van der Waals surface area contributed by atoms with Crippen LogP contribution in [-0.4, -0.2) is 9.55 Å². The number of benzene rings is 7. The van der Waals surface area contributed by atoms with Gasteiger partial charge in [-0.3, -0.25) is 0 Å². The number of nitrogens with zero attached hydrogens (tertiary/aromatic N) is 2. The van der Waals surface area contributed by atoms with Crippen LogP contribution in [0.2, 0.25) is 0 Å². The molecule has 2 heterocycles. The summed E-state index contributed by atoms with van der Waals surface area (Å²) in [4.78, 5) is 4.96. The van der Waals surface area contributed by atoms with E-state index in [0.717, 1.165) is 24.3 Å². The van der Waals surface area contributed by atoms with E-state index in [0.29, 0.717) is 0 Å². The van der Waals surface area contributed by atoms with Gasteiger partial charge in [0.1, 0.15) is 5.82 Å². The van der Waals surface area contributed by atoms with Crippen molar-refractivity contribution in [1.29, 1.82) is 0 Å². The van der Waals surface area contributed by atoms with Gasteiger partial charge >= 0.3 is 0 Å². The molecule has 2 heteroatoms. The molecule has 182 valence electrons. The average Bonchev–Trinajstić information content (AvgIpc) is 3.39. The third-order valence-corrected chi connectivity index (χ3v) is 8.66. The van der Waals surface area contributed by atoms with E-state index in [1.807, 2.05) is 0 Å². The van der Waals surface area contributed by atoms with Crippen molar-refractivity contribution in [2.24, 2.45) is 0 Å². The third kappa shape index (κ3) is 3.00. The van der Waals surface area contributed by atoms with Gasteiger partial charge < -0.3 is 4.57 Å². The van der Waals surface area contributed by atoms with E-state index in [1.54, 1.807) is 0 Å². The molecule has 1 aliphatic rings. The van der Waals surface area contributed by atoms with Crippen molar-refractivity contribution in [2.75, 3.05) is 0 Å². The van der Waals surface area contributed by atoms with E-state index in [2.05, 4.69) is 126 Å². The molecule has 1 aliphatic heterocycles. The van der Waals surface area contributed by atoms with Gasteiger partial charge in [-0.05, 0) is 78.7 Å². The molecule has 2 nitrogen and oxygen atoms in total. The smallest absolute Gasteiger partial charge is 0.141 e. The van der Waals surface area contributed by atoms with Crippen molar-refractivity contribution >= 4 is 43.4 Å². The normalized spacial score (nSPS) is 12.9. The van der Waals surface area contributed by atoms with Crippen LogP contribution in [0.1, 0.15) is 5.56 Å². The van der Waals surface area contributed by atoms with Gasteiger partial charge in [-0.15, -0.1) is 0 Å². The molecule has 0 atom stereocenters. The highest BCUT2D eigenvalue weighted by atomic mass is 15.1. The fourth-order valence-electron chi connectivity index (χ4n) is 6.77. The summed E-state index contributed by atoms with van der Waals surface area (Å²) in [6, 6.07) is 44.6. The summed E-state index contributed by atoms with van der Waals surface area (Å²) in [5.41, 5.74) is 9.99. The Morgan fingerprint density at radius 3 is 2.10 bits per heavy atom. The Hall–Kier alpha value is -4.95. The Balaban J connectivity index is 1.12. The van der Waals surface area contributed by atoms with Gasteiger partial charge in [0.2, 0.25) is 0 Å². The number of fused-ring (bicyclic) bond motifs is 5. The first-order valence-electron chi connectivity index (χ1n) is 13.7. The van der Waals surface area contributed by atoms with Crippen molar-refractivity contribution in [3.8, 4) is 33.6 Å². The van der Waals surface area contributed by atoms with E-state index in [-0.39, 0.29) is 0 Å². The number of rotatable bonds is 2. The Bertz CT molecular complexity index is 2200. The molecule has 0 spiro atoms. The number of imidazole rings is 1. The number of hydrogen-bond acceptors (Lipinski definition) is 1. The van der Waals surface area contributed by atoms with Crippen LogP contribution in [-0.2, 0) is 13.0 Å². The lowest BCUT2D eigenvalue weighted by atomic mass is 9.89. The molecule has 0 N–H and O–H groups in total. The number of aromatic nitrogens is 2. The highest BCUT2D eigenvalue weighted by Gasteiger charge is 2.20. The maximum Gasteiger partial charge on any atom is 0.141 e. The van der Waals surface area contributed by atoms with Gasteiger partial charge in [0, 0.05) is 12.1 Å². The molecular formula is C37H24N2. The summed E-state index contributed by atoms with van der Waals surface area (Å²) < 4.78 is 2.36. The lowest BCUT2D eigenvalue weighted by molar-refractivity contribution is 0.703. The molecule has 8 aromatic rings. The summed E-state index contributed by atoms with van der Waals surface area (Å²) in [6.45, 7) is 0.972. The second-order valence-corrected chi connectivity index (χ2v) is 10.7. The highest BCUT2D eigenvalue weighted by molar-refractivity contribution is 6.25. The zero-order valence-electron chi connectivity index (χ0n) is 21.4. The molecule has 0 bridgehead atoms. The molecule has 39 heavy (non-hydrogen) atoms.